The Bertz CT molecular complexity index is 575. The van der Waals surface area contributed by atoms with E-state index in [1.54, 1.807) is 17.6 Å². The molecule has 1 aromatic carbocycles. The monoisotopic (exact) mass is 332 g/mol. The third-order valence-corrected chi connectivity index (χ3v) is 5.09. The standard InChI is InChI=1S/C19H28N2O3/c1-13(2)16(14-7-9-15(10-8-14)17(22)21-24)20-18(23)19(3)11-5-4-6-12-19/h7-10,13,16,24H,4-6,11-12H2,1-3H3,(H,20,23)(H,21,22)/t16-/m1/s1. The predicted octanol–water partition coefficient (Wildman–Crippen LogP) is 3.59. The van der Waals surface area contributed by atoms with Gasteiger partial charge in [-0.05, 0) is 36.5 Å². The normalized spacial score (nSPS) is 18.0. The lowest BCUT2D eigenvalue weighted by atomic mass is 9.74. The smallest absolute Gasteiger partial charge is 0.274 e. The molecule has 1 aliphatic carbocycles. The topological polar surface area (TPSA) is 78.4 Å². The van der Waals surface area contributed by atoms with E-state index in [9.17, 15) is 9.59 Å². The Balaban J connectivity index is 2.14. The molecule has 2 rings (SSSR count). The highest BCUT2D eigenvalue weighted by molar-refractivity contribution is 5.93. The molecule has 1 aromatic rings. The number of carbonyl (C=O) groups is 2. The summed E-state index contributed by atoms with van der Waals surface area (Å²) in [6.45, 7) is 6.21. The van der Waals surface area contributed by atoms with Gasteiger partial charge >= 0.3 is 0 Å². The molecule has 0 saturated heterocycles. The summed E-state index contributed by atoms with van der Waals surface area (Å²) in [5.74, 6) is -0.182. The summed E-state index contributed by atoms with van der Waals surface area (Å²) in [6.07, 6.45) is 5.33. The molecule has 0 spiro atoms. The maximum atomic E-state index is 12.8. The van der Waals surface area contributed by atoms with Crippen molar-refractivity contribution in [3.05, 3.63) is 35.4 Å². The second kappa shape index (κ2) is 7.79. The molecule has 3 N–H and O–H groups in total. The lowest BCUT2D eigenvalue weighted by molar-refractivity contribution is -0.133. The molecule has 0 radical (unpaired) electrons. The molecule has 24 heavy (non-hydrogen) atoms. The average molecular weight is 332 g/mol. The molecule has 5 heteroatoms. The molecule has 1 saturated carbocycles. The van der Waals surface area contributed by atoms with E-state index in [0.29, 0.717) is 5.56 Å². The number of amides is 2. The Morgan fingerprint density at radius 2 is 1.67 bits per heavy atom. The Morgan fingerprint density at radius 3 is 2.17 bits per heavy atom. The van der Waals surface area contributed by atoms with Crippen LogP contribution in [0.25, 0.3) is 0 Å². The van der Waals surface area contributed by atoms with Gasteiger partial charge in [-0.15, -0.1) is 0 Å². The van der Waals surface area contributed by atoms with Crippen LogP contribution >= 0.6 is 0 Å². The number of carbonyl (C=O) groups excluding carboxylic acids is 2. The highest BCUT2D eigenvalue weighted by Gasteiger charge is 2.36. The molecule has 1 fully saturated rings. The molecule has 2 amide bonds. The van der Waals surface area contributed by atoms with Gasteiger partial charge in [-0.3, -0.25) is 14.8 Å². The van der Waals surface area contributed by atoms with Crippen LogP contribution in [0.3, 0.4) is 0 Å². The van der Waals surface area contributed by atoms with Crippen LogP contribution in [0.5, 0.6) is 0 Å². The summed E-state index contributed by atoms with van der Waals surface area (Å²) >= 11 is 0. The lowest BCUT2D eigenvalue weighted by Gasteiger charge is -2.35. The number of rotatable bonds is 5. The number of hydrogen-bond acceptors (Lipinski definition) is 3. The van der Waals surface area contributed by atoms with Crippen LogP contribution in [-0.4, -0.2) is 17.0 Å². The first kappa shape index (κ1) is 18.5. The summed E-state index contributed by atoms with van der Waals surface area (Å²) < 4.78 is 0. The van der Waals surface area contributed by atoms with Crippen LogP contribution in [0.1, 0.15) is 74.8 Å². The highest BCUT2D eigenvalue weighted by atomic mass is 16.5. The van der Waals surface area contributed by atoms with E-state index in [4.69, 9.17) is 5.21 Å². The summed E-state index contributed by atoms with van der Waals surface area (Å²) in [7, 11) is 0. The van der Waals surface area contributed by atoms with Crippen molar-refractivity contribution in [3.63, 3.8) is 0 Å². The van der Waals surface area contributed by atoms with E-state index in [0.717, 1.165) is 31.2 Å². The van der Waals surface area contributed by atoms with Gasteiger partial charge in [0.2, 0.25) is 5.91 Å². The first-order valence-electron chi connectivity index (χ1n) is 8.73. The van der Waals surface area contributed by atoms with Crippen molar-refractivity contribution < 1.29 is 14.8 Å². The fourth-order valence-electron chi connectivity index (χ4n) is 3.42. The summed E-state index contributed by atoms with van der Waals surface area (Å²) in [4.78, 5) is 24.2. The van der Waals surface area contributed by atoms with Crippen LogP contribution in [-0.2, 0) is 4.79 Å². The van der Waals surface area contributed by atoms with E-state index in [1.807, 2.05) is 12.1 Å². The summed E-state index contributed by atoms with van der Waals surface area (Å²) in [6, 6.07) is 6.88. The first-order chi connectivity index (χ1) is 11.4. The van der Waals surface area contributed by atoms with E-state index >= 15 is 0 Å². The molecular weight excluding hydrogens is 304 g/mol. The molecule has 0 aromatic heterocycles. The van der Waals surface area contributed by atoms with Crippen LogP contribution in [0.2, 0.25) is 0 Å². The molecule has 1 atom stereocenters. The Hall–Kier alpha value is -1.88. The maximum Gasteiger partial charge on any atom is 0.274 e. The molecule has 0 aliphatic heterocycles. The molecule has 0 unspecified atom stereocenters. The maximum absolute atomic E-state index is 12.8. The minimum atomic E-state index is -0.540. The number of hydrogen-bond donors (Lipinski definition) is 3. The molecule has 132 valence electrons. The zero-order valence-corrected chi connectivity index (χ0v) is 14.8. The van der Waals surface area contributed by atoms with Crippen LogP contribution in [0, 0.1) is 11.3 Å². The van der Waals surface area contributed by atoms with Gasteiger partial charge in [0.1, 0.15) is 0 Å². The van der Waals surface area contributed by atoms with Gasteiger partial charge in [-0.2, -0.15) is 0 Å². The lowest BCUT2D eigenvalue weighted by Crippen LogP contribution is -2.43. The third-order valence-electron chi connectivity index (χ3n) is 5.09. The van der Waals surface area contributed by atoms with Gasteiger partial charge in [0.15, 0.2) is 0 Å². The second-order valence-corrected chi connectivity index (χ2v) is 7.38. The van der Waals surface area contributed by atoms with Crippen LogP contribution in [0.15, 0.2) is 24.3 Å². The minimum Gasteiger partial charge on any atom is -0.349 e. The average Bonchev–Trinajstić information content (AvgIpc) is 2.59. The fraction of sp³-hybridized carbons (Fsp3) is 0.579. The third kappa shape index (κ3) is 4.15. The predicted molar refractivity (Wildman–Crippen MR) is 92.6 cm³/mol. The molecule has 5 nitrogen and oxygen atoms in total. The van der Waals surface area contributed by atoms with Crippen molar-refractivity contribution in [1.82, 2.24) is 10.8 Å². The second-order valence-electron chi connectivity index (χ2n) is 7.38. The quantitative estimate of drug-likeness (QED) is 0.569. The number of benzene rings is 1. The van der Waals surface area contributed by atoms with Crippen molar-refractivity contribution in [2.45, 2.75) is 58.9 Å². The zero-order chi connectivity index (χ0) is 17.7. The van der Waals surface area contributed by atoms with Crippen molar-refractivity contribution in [1.29, 1.82) is 0 Å². The van der Waals surface area contributed by atoms with Gasteiger partial charge in [0.05, 0.1) is 6.04 Å². The highest BCUT2D eigenvalue weighted by Crippen LogP contribution is 2.37. The van der Waals surface area contributed by atoms with Gasteiger partial charge in [0, 0.05) is 11.0 Å². The molecule has 0 heterocycles. The molecule has 1 aliphatic rings. The van der Waals surface area contributed by atoms with Gasteiger partial charge < -0.3 is 5.32 Å². The molecular formula is C19H28N2O3. The Kier molecular flexibility index (Phi) is 5.99. The fourth-order valence-corrected chi connectivity index (χ4v) is 3.42. The molecule has 0 bridgehead atoms. The SMILES string of the molecule is CC(C)[C@@H](NC(=O)C1(C)CCCCC1)c1ccc(C(=O)NO)cc1. The Morgan fingerprint density at radius 1 is 1.08 bits per heavy atom. The summed E-state index contributed by atoms with van der Waals surface area (Å²) in [5, 5.41) is 11.9. The van der Waals surface area contributed by atoms with Crippen LogP contribution in [0.4, 0.5) is 0 Å². The van der Waals surface area contributed by atoms with E-state index in [1.165, 1.54) is 6.42 Å². The van der Waals surface area contributed by atoms with Crippen molar-refractivity contribution in [3.8, 4) is 0 Å². The van der Waals surface area contributed by atoms with Gasteiger partial charge in [-0.1, -0.05) is 52.2 Å². The van der Waals surface area contributed by atoms with Crippen molar-refractivity contribution in [2.75, 3.05) is 0 Å². The number of nitrogens with one attached hydrogen (secondary N) is 2. The zero-order valence-electron chi connectivity index (χ0n) is 14.8. The van der Waals surface area contributed by atoms with Crippen molar-refractivity contribution >= 4 is 11.8 Å². The van der Waals surface area contributed by atoms with E-state index < -0.39 is 5.91 Å². The minimum absolute atomic E-state index is 0.0949. The first-order valence-corrected chi connectivity index (χ1v) is 8.73. The van der Waals surface area contributed by atoms with Crippen molar-refractivity contribution in [2.24, 2.45) is 11.3 Å². The largest absolute Gasteiger partial charge is 0.349 e. The number of hydroxylamine groups is 1. The summed E-state index contributed by atoms with van der Waals surface area (Å²) in [5.41, 5.74) is 2.70. The van der Waals surface area contributed by atoms with Gasteiger partial charge in [0.25, 0.3) is 5.91 Å². The Labute approximate surface area is 143 Å². The van der Waals surface area contributed by atoms with E-state index in [-0.39, 0.29) is 23.3 Å². The van der Waals surface area contributed by atoms with Gasteiger partial charge in [-0.25, -0.2) is 5.48 Å². The van der Waals surface area contributed by atoms with E-state index in [2.05, 4.69) is 26.1 Å². The van der Waals surface area contributed by atoms with Crippen LogP contribution < -0.4 is 10.8 Å².